The van der Waals surface area contributed by atoms with E-state index < -0.39 is 0 Å². The van der Waals surface area contributed by atoms with Gasteiger partial charge >= 0.3 is 0 Å². The molecule has 1 heterocycles. The monoisotopic (exact) mass is 270 g/mol. The van der Waals surface area contributed by atoms with Crippen molar-refractivity contribution in [2.45, 2.75) is 38.6 Å². The summed E-state index contributed by atoms with van der Waals surface area (Å²) in [6.07, 6.45) is 3.00. The summed E-state index contributed by atoms with van der Waals surface area (Å²) >= 11 is 1.73. The molecule has 5 heteroatoms. The predicted octanol–water partition coefficient (Wildman–Crippen LogP) is 2.15. The van der Waals surface area contributed by atoms with E-state index >= 15 is 0 Å². The van der Waals surface area contributed by atoms with Gasteiger partial charge in [0.05, 0.1) is 18.3 Å². The molecule has 0 aliphatic rings. The van der Waals surface area contributed by atoms with E-state index in [0.717, 1.165) is 30.2 Å². The van der Waals surface area contributed by atoms with Crippen molar-refractivity contribution in [2.24, 2.45) is 0 Å². The third-order valence-corrected chi connectivity index (χ3v) is 3.10. The molecule has 18 heavy (non-hydrogen) atoms. The van der Waals surface area contributed by atoms with Gasteiger partial charge < -0.3 is 9.73 Å². The zero-order valence-corrected chi connectivity index (χ0v) is 12.1. The van der Waals surface area contributed by atoms with Crippen LogP contribution < -0.4 is 10.6 Å². The Labute approximate surface area is 113 Å². The number of hydrogen-bond acceptors (Lipinski definition) is 4. The van der Waals surface area contributed by atoms with Gasteiger partial charge in [0.2, 0.25) is 5.91 Å². The molecule has 0 aliphatic carbocycles. The van der Waals surface area contributed by atoms with Crippen LogP contribution in [0.25, 0.3) is 0 Å². The maximum absolute atomic E-state index is 11.6. The van der Waals surface area contributed by atoms with E-state index in [4.69, 9.17) is 4.42 Å². The minimum absolute atomic E-state index is 0.0349. The number of hydrogen-bond donors (Lipinski definition) is 2. The first-order valence-electron chi connectivity index (χ1n) is 6.25. The lowest BCUT2D eigenvalue weighted by atomic mass is 10.3. The smallest absolute Gasteiger partial charge is 0.236 e. The van der Waals surface area contributed by atoms with Crippen molar-refractivity contribution in [3.8, 4) is 0 Å². The molecule has 1 rings (SSSR count). The van der Waals surface area contributed by atoms with Gasteiger partial charge in [0, 0.05) is 6.54 Å². The van der Waals surface area contributed by atoms with Crippen molar-refractivity contribution >= 4 is 17.7 Å². The summed E-state index contributed by atoms with van der Waals surface area (Å²) in [5.41, 5.74) is 0. The molecule has 1 aromatic heterocycles. The van der Waals surface area contributed by atoms with Crippen LogP contribution in [-0.2, 0) is 17.1 Å². The quantitative estimate of drug-likeness (QED) is 0.760. The third-order valence-electron chi connectivity index (χ3n) is 2.53. The Bertz CT molecular complexity index is 366. The van der Waals surface area contributed by atoms with E-state index in [1.807, 2.05) is 32.2 Å². The molecule has 1 unspecified atom stereocenters. The van der Waals surface area contributed by atoms with Gasteiger partial charge in [-0.15, -0.1) is 0 Å². The van der Waals surface area contributed by atoms with Gasteiger partial charge in [-0.25, -0.2) is 0 Å². The number of rotatable bonds is 8. The molecule has 0 spiro atoms. The highest BCUT2D eigenvalue weighted by Gasteiger charge is 2.11. The normalized spacial score (nSPS) is 12.4. The van der Waals surface area contributed by atoms with Crippen molar-refractivity contribution in [3.63, 3.8) is 0 Å². The molecule has 1 atom stereocenters. The Morgan fingerprint density at radius 1 is 1.44 bits per heavy atom. The first-order valence-corrected chi connectivity index (χ1v) is 7.64. The molecule has 4 nitrogen and oxygen atoms in total. The molecular formula is C13H22N2O2S. The topological polar surface area (TPSA) is 54.3 Å². The molecule has 0 saturated carbocycles. The van der Waals surface area contributed by atoms with Crippen LogP contribution in [0.3, 0.4) is 0 Å². The highest BCUT2D eigenvalue weighted by Crippen LogP contribution is 2.13. The molecule has 2 N–H and O–H groups in total. The summed E-state index contributed by atoms with van der Waals surface area (Å²) < 4.78 is 5.62. The van der Waals surface area contributed by atoms with Crippen molar-refractivity contribution in [3.05, 3.63) is 23.7 Å². The minimum Gasteiger partial charge on any atom is -0.464 e. The maximum Gasteiger partial charge on any atom is 0.236 e. The van der Waals surface area contributed by atoms with E-state index in [1.54, 1.807) is 11.8 Å². The summed E-state index contributed by atoms with van der Waals surface area (Å²) in [6.45, 7) is 5.20. The number of carbonyl (C=O) groups excluding carboxylic acids is 1. The van der Waals surface area contributed by atoms with Crippen molar-refractivity contribution in [1.82, 2.24) is 10.6 Å². The fraction of sp³-hybridized carbons (Fsp3) is 0.615. The lowest BCUT2D eigenvalue weighted by molar-refractivity contribution is -0.122. The Balaban J connectivity index is 2.32. The number of furan rings is 1. The molecule has 0 fully saturated rings. The van der Waals surface area contributed by atoms with Crippen molar-refractivity contribution < 1.29 is 9.21 Å². The zero-order chi connectivity index (χ0) is 13.4. The molecule has 0 aromatic carbocycles. The highest BCUT2D eigenvalue weighted by atomic mass is 32.2. The fourth-order valence-electron chi connectivity index (χ4n) is 1.48. The van der Waals surface area contributed by atoms with Gasteiger partial charge in [0.15, 0.2) is 0 Å². The second kappa shape index (κ2) is 8.21. The number of amides is 1. The summed E-state index contributed by atoms with van der Waals surface area (Å²) in [5.74, 6) is 2.76. The van der Waals surface area contributed by atoms with Crippen LogP contribution in [-0.4, -0.2) is 24.7 Å². The van der Waals surface area contributed by atoms with Crippen LogP contribution in [0.5, 0.6) is 0 Å². The Kier molecular flexibility index (Phi) is 6.90. The molecule has 0 aliphatic heterocycles. The van der Waals surface area contributed by atoms with E-state index in [0.29, 0.717) is 6.54 Å². The molecule has 0 bridgehead atoms. The molecule has 0 saturated heterocycles. The van der Waals surface area contributed by atoms with E-state index in [1.165, 1.54) is 0 Å². The second-order valence-electron chi connectivity index (χ2n) is 4.19. The second-order valence-corrected chi connectivity index (χ2v) is 5.06. The standard InChI is InChI=1S/C13H22N2O2S/c1-4-7-14-13(16)10(2)15-8-11-5-6-12(17-11)9-18-3/h5-6,10,15H,4,7-9H2,1-3H3,(H,14,16). The summed E-state index contributed by atoms with van der Waals surface area (Å²) in [5, 5.41) is 6.01. The van der Waals surface area contributed by atoms with Crippen LogP contribution in [0, 0.1) is 0 Å². The van der Waals surface area contributed by atoms with Crippen molar-refractivity contribution in [2.75, 3.05) is 12.8 Å². The van der Waals surface area contributed by atoms with Gasteiger partial charge in [0.1, 0.15) is 11.5 Å². The van der Waals surface area contributed by atoms with Gasteiger partial charge in [0.25, 0.3) is 0 Å². The Hall–Kier alpha value is -0.940. The molecule has 1 aromatic rings. The molecule has 1 amide bonds. The molecular weight excluding hydrogens is 248 g/mol. The van der Waals surface area contributed by atoms with E-state index in [2.05, 4.69) is 10.6 Å². The summed E-state index contributed by atoms with van der Waals surface area (Å²) in [4.78, 5) is 11.6. The van der Waals surface area contributed by atoms with Crippen LogP contribution in [0.4, 0.5) is 0 Å². The van der Waals surface area contributed by atoms with Gasteiger partial charge in [-0.1, -0.05) is 6.92 Å². The largest absolute Gasteiger partial charge is 0.464 e. The van der Waals surface area contributed by atoms with Gasteiger partial charge in [-0.2, -0.15) is 11.8 Å². The van der Waals surface area contributed by atoms with Crippen LogP contribution in [0.1, 0.15) is 31.8 Å². The number of nitrogens with one attached hydrogen (secondary N) is 2. The Morgan fingerprint density at radius 3 is 2.83 bits per heavy atom. The fourth-order valence-corrected chi connectivity index (χ4v) is 1.92. The number of carbonyl (C=O) groups is 1. The maximum atomic E-state index is 11.6. The lowest BCUT2D eigenvalue weighted by Gasteiger charge is -2.12. The van der Waals surface area contributed by atoms with Crippen LogP contribution in [0.15, 0.2) is 16.5 Å². The third kappa shape index (κ3) is 5.14. The average molecular weight is 270 g/mol. The van der Waals surface area contributed by atoms with E-state index in [9.17, 15) is 4.79 Å². The Morgan fingerprint density at radius 2 is 2.17 bits per heavy atom. The predicted molar refractivity (Wildman–Crippen MR) is 75.5 cm³/mol. The van der Waals surface area contributed by atoms with Gasteiger partial charge in [-0.3, -0.25) is 10.1 Å². The molecule has 0 radical (unpaired) electrons. The lowest BCUT2D eigenvalue weighted by Crippen LogP contribution is -2.41. The highest BCUT2D eigenvalue weighted by molar-refractivity contribution is 7.97. The van der Waals surface area contributed by atoms with Crippen molar-refractivity contribution in [1.29, 1.82) is 0 Å². The first kappa shape index (κ1) is 15.1. The minimum atomic E-state index is -0.203. The SMILES string of the molecule is CCCNC(=O)C(C)NCc1ccc(CSC)o1. The summed E-state index contributed by atoms with van der Waals surface area (Å²) in [6, 6.07) is 3.73. The van der Waals surface area contributed by atoms with Crippen LogP contribution >= 0.6 is 11.8 Å². The van der Waals surface area contributed by atoms with E-state index in [-0.39, 0.29) is 11.9 Å². The number of thioether (sulfide) groups is 1. The molecule has 102 valence electrons. The van der Waals surface area contributed by atoms with Gasteiger partial charge in [-0.05, 0) is 31.7 Å². The average Bonchev–Trinajstić information content (AvgIpc) is 2.81. The first-order chi connectivity index (χ1) is 8.67. The zero-order valence-electron chi connectivity index (χ0n) is 11.3. The van der Waals surface area contributed by atoms with Crippen LogP contribution in [0.2, 0.25) is 0 Å². The summed E-state index contributed by atoms with van der Waals surface area (Å²) in [7, 11) is 0.